The van der Waals surface area contributed by atoms with Crippen LogP contribution in [0.3, 0.4) is 0 Å². The zero-order chi connectivity index (χ0) is 13.2. The van der Waals surface area contributed by atoms with E-state index in [1.54, 1.807) is 6.20 Å². The zero-order valence-corrected chi connectivity index (χ0v) is 10.8. The van der Waals surface area contributed by atoms with E-state index in [0.717, 1.165) is 17.5 Å². The Balaban J connectivity index is 2.11. The maximum absolute atomic E-state index is 5.99. The lowest BCUT2D eigenvalue weighted by Crippen LogP contribution is -2.01. The molecule has 94 valence electrons. The van der Waals surface area contributed by atoms with Gasteiger partial charge in [0.05, 0.1) is 5.52 Å². The summed E-state index contributed by atoms with van der Waals surface area (Å²) in [5, 5.41) is 1.17. The molecule has 0 spiro atoms. The highest BCUT2D eigenvalue weighted by atomic mass is 14.8. The lowest BCUT2D eigenvalue weighted by molar-refractivity contribution is 1.12. The van der Waals surface area contributed by atoms with Gasteiger partial charge in [-0.15, -0.1) is 0 Å². The van der Waals surface area contributed by atoms with Crippen LogP contribution in [0.15, 0.2) is 48.8 Å². The Morgan fingerprint density at radius 3 is 2.63 bits per heavy atom. The molecular weight excluding hydrogens is 234 g/mol. The molecule has 0 aliphatic carbocycles. The molecule has 0 saturated carbocycles. The van der Waals surface area contributed by atoms with Crippen molar-refractivity contribution >= 4 is 16.7 Å². The molecule has 2 heterocycles. The first-order valence-corrected chi connectivity index (χ1v) is 6.28. The molecule has 3 nitrogen and oxygen atoms in total. The van der Waals surface area contributed by atoms with E-state index in [0.29, 0.717) is 5.82 Å². The minimum Gasteiger partial charge on any atom is -0.383 e. The van der Waals surface area contributed by atoms with Crippen LogP contribution in [-0.2, 0) is 6.42 Å². The smallest absolute Gasteiger partial charge is 0.127 e. The molecular formula is C16H15N3. The number of nitrogens with two attached hydrogens (primary N) is 1. The van der Waals surface area contributed by atoms with E-state index in [1.807, 2.05) is 36.5 Å². The highest BCUT2D eigenvalue weighted by Crippen LogP contribution is 2.23. The largest absolute Gasteiger partial charge is 0.383 e. The van der Waals surface area contributed by atoms with E-state index in [4.69, 9.17) is 5.73 Å². The number of rotatable bonds is 2. The predicted octanol–water partition coefficient (Wildman–Crippen LogP) is 3.11. The van der Waals surface area contributed by atoms with E-state index in [2.05, 4.69) is 23.0 Å². The molecule has 0 aliphatic heterocycles. The minimum atomic E-state index is 0.612. The van der Waals surface area contributed by atoms with E-state index in [9.17, 15) is 0 Å². The summed E-state index contributed by atoms with van der Waals surface area (Å²) >= 11 is 0. The minimum absolute atomic E-state index is 0.612. The molecule has 2 N–H and O–H groups in total. The molecule has 0 unspecified atom stereocenters. The van der Waals surface area contributed by atoms with Crippen molar-refractivity contribution in [1.82, 2.24) is 9.97 Å². The second kappa shape index (κ2) is 4.69. The average Bonchev–Trinajstić information content (AvgIpc) is 2.43. The van der Waals surface area contributed by atoms with Crippen LogP contribution in [0.1, 0.15) is 16.7 Å². The second-order valence-corrected chi connectivity index (χ2v) is 4.66. The maximum Gasteiger partial charge on any atom is 0.127 e. The van der Waals surface area contributed by atoms with Crippen LogP contribution in [0, 0.1) is 6.92 Å². The number of pyridine rings is 2. The van der Waals surface area contributed by atoms with Crippen molar-refractivity contribution in [1.29, 1.82) is 0 Å². The van der Waals surface area contributed by atoms with Gasteiger partial charge in [0, 0.05) is 29.8 Å². The number of benzene rings is 1. The lowest BCUT2D eigenvalue weighted by atomic mass is 9.99. The predicted molar refractivity (Wildman–Crippen MR) is 77.9 cm³/mol. The number of fused-ring (bicyclic) bond motifs is 1. The van der Waals surface area contributed by atoms with Crippen LogP contribution in [0.5, 0.6) is 0 Å². The van der Waals surface area contributed by atoms with Crippen molar-refractivity contribution in [3.63, 3.8) is 0 Å². The van der Waals surface area contributed by atoms with Crippen LogP contribution < -0.4 is 5.73 Å². The van der Waals surface area contributed by atoms with E-state index < -0.39 is 0 Å². The van der Waals surface area contributed by atoms with Gasteiger partial charge in [-0.1, -0.05) is 18.2 Å². The Morgan fingerprint density at radius 2 is 1.79 bits per heavy atom. The first kappa shape index (κ1) is 11.7. The van der Waals surface area contributed by atoms with Gasteiger partial charge in [-0.25, -0.2) is 4.98 Å². The molecule has 0 aliphatic rings. The molecule has 0 fully saturated rings. The Labute approximate surface area is 112 Å². The normalized spacial score (nSPS) is 10.8. The van der Waals surface area contributed by atoms with Gasteiger partial charge in [-0.3, -0.25) is 4.98 Å². The number of nitrogen functional groups attached to an aromatic ring is 1. The molecule has 1 aromatic carbocycles. The summed E-state index contributed by atoms with van der Waals surface area (Å²) in [5.74, 6) is 0.612. The summed E-state index contributed by atoms with van der Waals surface area (Å²) in [6.45, 7) is 2.07. The fourth-order valence-electron chi connectivity index (χ4n) is 2.34. The van der Waals surface area contributed by atoms with Crippen molar-refractivity contribution in [3.8, 4) is 0 Å². The maximum atomic E-state index is 5.99. The van der Waals surface area contributed by atoms with E-state index in [1.165, 1.54) is 16.5 Å². The third-order valence-corrected chi connectivity index (χ3v) is 3.43. The van der Waals surface area contributed by atoms with Gasteiger partial charge in [-0.2, -0.15) is 0 Å². The van der Waals surface area contributed by atoms with Gasteiger partial charge in [0.25, 0.3) is 0 Å². The van der Waals surface area contributed by atoms with Crippen LogP contribution in [-0.4, -0.2) is 9.97 Å². The number of aromatic nitrogens is 2. The standard InChI is InChI=1S/C16H15N3/c1-11-6-8-19-16(17)14(11)10-12-7-9-18-15-5-3-2-4-13(12)15/h2-9H,10H2,1H3,(H2,17,19). The monoisotopic (exact) mass is 249 g/mol. The summed E-state index contributed by atoms with van der Waals surface area (Å²) in [7, 11) is 0. The van der Waals surface area contributed by atoms with Gasteiger partial charge in [0.1, 0.15) is 5.82 Å². The van der Waals surface area contributed by atoms with Gasteiger partial charge in [0.15, 0.2) is 0 Å². The molecule has 3 heteroatoms. The number of para-hydroxylation sites is 1. The Bertz CT molecular complexity index is 709. The highest BCUT2D eigenvalue weighted by molar-refractivity contribution is 5.82. The summed E-state index contributed by atoms with van der Waals surface area (Å²) in [6, 6.07) is 12.2. The molecule has 3 aromatic rings. The Kier molecular flexibility index (Phi) is 2.88. The molecule has 0 radical (unpaired) electrons. The van der Waals surface area contributed by atoms with E-state index in [-0.39, 0.29) is 0 Å². The third kappa shape index (κ3) is 2.15. The molecule has 0 amide bonds. The van der Waals surface area contributed by atoms with Crippen LogP contribution in [0.4, 0.5) is 5.82 Å². The zero-order valence-electron chi connectivity index (χ0n) is 10.8. The molecule has 3 rings (SSSR count). The topological polar surface area (TPSA) is 51.8 Å². The third-order valence-electron chi connectivity index (χ3n) is 3.43. The summed E-state index contributed by atoms with van der Waals surface area (Å²) < 4.78 is 0. The lowest BCUT2D eigenvalue weighted by Gasteiger charge is -2.10. The summed E-state index contributed by atoms with van der Waals surface area (Å²) in [6.07, 6.45) is 4.38. The SMILES string of the molecule is Cc1ccnc(N)c1Cc1ccnc2ccccc12. The summed E-state index contributed by atoms with van der Waals surface area (Å²) in [5.41, 5.74) is 10.5. The van der Waals surface area contributed by atoms with Crippen LogP contribution in [0.25, 0.3) is 10.9 Å². The Morgan fingerprint density at radius 1 is 1.00 bits per heavy atom. The first-order valence-electron chi connectivity index (χ1n) is 6.28. The van der Waals surface area contributed by atoms with Crippen molar-refractivity contribution in [2.45, 2.75) is 13.3 Å². The fraction of sp³-hybridized carbons (Fsp3) is 0.125. The van der Waals surface area contributed by atoms with Gasteiger partial charge in [-0.05, 0) is 36.2 Å². The van der Waals surface area contributed by atoms with Gasteiger partial charge < -0.3 is 5.73 Å². The van der Waals surface area contributed by atoms with Crippen molar-refractivity contribution in [3.05, 3.63) is 65.5 Å². The average molecular weight is 249 g/mol. The van der Waals surface area contributed by atoms with Crippen molar-refractivity contribution in [2.24, 2.45) is 0 Å². The Hall–Kier alpha value is -2.42. The van der Waals surface area contributed by atoms with Gasteiger partial charge >= 0.3 is 0 Å². The van der Waals surface area contributed by atoms with Crippen molar-refractivity contribution in [2.75, 3.05) is 5.73 Å². The number of hydrogen-bond donors (Lipinski definition) is 1. The quantitative estimate of drug-likeness (QED) is 0.759. The first-order chi connectivity index (χ1) is 9.25. The second-order valence-electron chi connectivity index (χ2n) is 4.66. The van der Waals surface area contributed by atoms with E-state index >= 15 is 0 Å². The highest BCUT2D eigenvalue weighted by Gasteiger charge is 2.08. The van der Waals surface area contributed by atoms with Crippen molar-refractivity contribution < 1.29 is 0 Å². The molecule has 0 saturated heterocycles. The molecule has 19 heavy (non-hydrogen) atoms. The fourth-order valence-corrected chi connectivity index (χ4v) is 2.34. The number of nitrogens with zero attached hydrogens (tertiary/aromatic N) is 2. The number of hydrogen-bond acceptors (Lipinski definition) is 3. The number of aryl methyl sites for hydroxylation is 1. The molecule has 0 atom stereocenters. The molecule has 2 aromatic heterocycles. The van der Waals surface area contributed by atoms with Crippen LogP contribution in [0.2, 0.25) is 0 Å². The summed E-state index contributed by atoms with van der Waals surface area (Å²) in [4.78, 5) is 8.56. The van der Waals surface area contributed by atoms with Crippen LogP contribution >= 0.6 is 0 Å². The molecule has 0 bridgehead atoms. The number of anilines is 1. The van der Waals surface area contributed by atoms with Gasteiger partial charge in [0.2, 0.25) is 0 Å².